The molecule has 4 atom stereocenters. The second kappa shape index (κ2) is 10.6. The molecule has 2 aromatic carbocycles. The zero-order valence-electron chi connectivity index (χ0n) is 23.7. The zero-order valence-corrected chi connectivity index (χ0v) is 24.5. The topological polar surface area (TPSA) is 74.8 Å². The molecule has 0 unspecified atom stereocenters. The van der Waals surface area contributed by atoms with Crippen LogP contribution in [-0.2, 0) is 36.3 Å². The third kappa shape index (κ3) is 4.72. The molecule has 0 saturated carbocycles. The van der Waals surface area contributed by atoms with Gasteiger partial charge in [0.05, 0.1) is 10.9 Å². The van der Waals surface area contributed by atoms with Crippen LogP contribution in [0.15, 0.2) is 47.4 Å². The zero-order chi connectivity index (χ0) is 33.5. The van der Waals surface area contributed by atoms with Crippen LogP contribution in [0.3, 0.4) is 0 Å². The molecule has 45 heavy (non-hydrogen) atoms. The van der Waals surface area contributed by atoms with Crippen LogP contribution >= 0.6 is 0 Å². The van der Waals surface area contributed by atoms with Gasteiger partial charge in [0.15, 0.2) is 16.0 Å². The number of fused-ring (bicyclic) bond motifs is 3. The van der Waals surface area contributed by atoms with Crippen LogP contribution in [-0.4, -0.2) is 73.2 Å². The number of nitrogens with zero attached hydrogens (tertiary/aromatic N) is 2. The minimum absolute atomic E-state index is 0.235. The van der Waals surface area contributed by atoms with Crippen LogP contribution in [0.1, 0.15) is 49.8 Å². The van der Waals surface area contributed by atoms with Crippen molar-refractivity contribution in [2.24, 2.45) is 0 Å². The summed E-state index contributed by atoms with van der Waals surface area (Å²) in [4.78, 5) is 28.2. The summed E-state index contributed by atoms with van der Waals surface area (Å²) in [6.45, 7) is 2.84. The molecule has 2 fully saturated rings. The Hall–Kier alpha value is -3.30. The Morgan fingerprint density at radius 2 is 1.58 bits per heavy atom. The summed E-state index contributed by atoms with van der Waals surface area (Å²) in [5, 5.41) is 0. The number of carbonyl (C=O) groups is 2. The molecule has 6 nitrogen and oxygen atoms in total. The van der Waals surface area contributed by atoms with E-state index in [1.807, 2.05) is 0 Å². The Morgan fingerprint density at radius 1 is 0.978 bits per heavy atom. The number of hydrogen-bond donors (Lipinski definition) is 0. The fraction of sp³-hybridized carbons (Fsp3) is 0.517. The number of rotatable bonds is 5. The number of carbonyl (C=O) groups excluding carboxylic acids is 2. The molecule has 3 aliphatic rings. The fourth-order valence-corrected chi connectivity index (χ4v) is 9.44. The van der Waals surface area contributed by atoms with Gasteiger partial charge in [-0.05, 0) is 68.5 Å². The van der Waals surface area contributed by atoms with Crippen molar-refractivity contribution in [1.82, 2.24) is 9.80 Å². The van der Waals surface area contributed by atoms with E-state index in [0.717, 1.165) is 34.1 Å². The fourth-order valence-electron chi connectivity index (χ4n) is 7.07. The summed E-state index contributed by atoms with van der Waals surface area (Å²) in [6, 6.07) is 1.71. The first-order valence-corrected chi connectivity index (χ1v) is 15.4. The minimum Gasteiger partial charge on any atom is -0.336 e. The molecule has 0 bridgehead atoms. The van der Waals surface area contributed by atoms with Gasteiger partial charge >= 0.3 is 18.0 Å². The second-order valence-corrected chi connectivity index (χ2v) is 14.0. The van der Waals surface area contributed by atoms with Gasteiger partial charge in [0.1, 0.15) is 16.6 Å². The molecule has 5 rings (SSSR count). The van der Waals surface area contributed by atoms with Crippen molar-refractivity contribution in [1.29, 1.82) is 0 Å². The number of benzene rings is 2. The number of alkyl halides is 8. The van der Waals surface area contributed by atoms with Gasteiger partial charge in [-0.2, -0.15) is 26.3 Å². The Balaban J connectivity index is 1.68. The van der Waals surface area contributed by atoms with Crippen molar-refractivity contribution >= 4 is 21.7 Å². The molecule has 0 radical (unpaired) electrons. The van der Waals surface area contributed by atoms with Gasteiger partial charge in [0.2, 0.25) is 5.91 Å². The highest BCUT2D eigenvalue weighted by atomic mass is 32.2. The highest BCUT2D eigenvalue weighted by molar-refractivity contribution is 7.92. The highest BCUT2D eigenvalue weighted by Gasteiger charge is 2.74. The molecular weight excluding hydrogens is 643 g/mol. The highest BCUT2D eigenvalue weighted by Crippen LogP contribution is 2.57. The van der Waals surface area contributed by atoms with Crippen molar-refractivity contribution in [2.75, 3.05) is 6.54 Å². The summed E-state index contributed by atoms with van der Waals surface area (Å²) >= 11 is 0. The lowest BCUT2D eigenvalue weighted by Gasteiger charge is -2.44. The SMILES string of the molecule is CC(C)N1C(=O)[C@H](F)C[C@H]1C(=O)N1CC[C@@]2(S(=O)(=O)c3ccc(F)cc3)c3ccc(C(F)(C(F)(F)F)C(F)(F)F)cc3CC[C@@H]12. The van der Waals surface area contributed by atoms with E-state index >= 15 is 0 Å². The summed E-state index contributed by atoms with van der Waals surface area (Å²) in [6.07, 6.45) is -16.3. The second-order valence-electron chi connectivity index (χ2n) is 11.8. The number of amides is 2. The van der Waals surface area contributed by atoms with Crippen molar-refractivity contribution < 1.29 is 57.5 Å². The standard InChI is InChI=1S/C29H27F9N2O4S/c1-15(2)40-22(14-21(31)24(40)41)25(42)39-12-11-26(45(43,44)19-7-5-18(30)6-8-19)20-9-4-17(13-16(20)3-10-23(26)39)27(32,28(33,34)35)29(36,37)38/h4-9,13,15,21-23H,3,10-12,14H2,1-2H3/t21-,22+,23-,26-/m1/s1. The van der Waals surface area contributed by atoms with Crippen LogP contribution < -0.4 is 0 Å². The summed E-state index contributed by atoms with van der Waals surface area (Å²) in [5.74, 6) is -2.48. The molecule has 0 spiro atoms. The van der Waals surface area contributed by atoms with Crippen LogP contribution in [0.25, 0.3) is 0 Å². The summed E-state index contributed by atoms with van der Waals surface area (Å²) < 4.78 is 151. The molecule has 2 saturated heterocycles. The maximum atomic E-state index is 15.0. The van der Waals surface area contributed by atoms with E-state index < -0.39 is 97.8 Å². The monoisotopic (exact) mass is 670 g/mol. The van der Waals surface area contributed by atoms with E-state index in [-0.39, 0.29) is 36.6 Å². The Bertz CT molecular complexity index is 1610. The molecule has 2 amide bonds. The lowest BCUT2D eigenvalue weighted by Crippen LogP contribution is -2.56. The normalized spacial score (nSPS) is 26.0. The van der Waals surface area contributed by atoms with Crippen molar-refractivity contribution in [2.45, 2.75) is 91.5 Å². The molecule has 2 aromatic rings. The van der Waals surface area contributed by atoms with Crippen LogP contribution in [0, 0.1) is 5.82 Å². The van der Waals surface area contributed by atoms with Crippen molar-refractivity contribution in [3.8, 4) is 0 Å². The molecule has 0 N–H and O–H groups in total. The average molecular weight is 671 g/mol. The number of sulfone groups is 1. The van der Waals surface area contributed by atoms with Gasteiger partial charge in [-0.15, -0.1) is 0 Å². The lowest BCUT2D eigenvalue weighted by atomic mass is 9.76. The number of halogens is 9. The van der Waals surface area contributed by atoms with E-state index in [4.69, 9.17) is 0 Å². The van der Waals surface area contributed by atoms with E-state index in [1.165, 1.54) is 0 Å². The third-order valence-corrected chi connectivity index (χ3v) is 11.6. The summed E-state index contributed by atoms with van der Waals surface area (Å²) in [7, 11) is -4.69. The minimum atomic E-state index is -6.40. The Morgan fingerprint density at radius 3 is 2.13 bits per heavy atom. The van der Waals surface area contributed by atoms with E-state index in [0.29, 0.717) is 12.1 Å². The molecule has 0 aromatic heterocycles. The lowest BCUT2D eigenvalue weighted by molar-refractivity contribution is -0.348. The largest absolute Gasteiger partial charge is 0.435 e. The molecule has 246 valence electrons. The van der Waals surface area contributed by atoms with Crippen LogP contribution in [0.5, 0.6) is 0 Å². The predicted octanol–water partition coefficient (Wildman–Crippen LogP) is 5.68. The van der Waals surface area contributed by atoms with Gasteiger partial charge in [-0.25, -0.2) is 21.6 Å². The molecule has 16 heteroatoms. The number of likely N-dealkylation sites (tertiary alicyclic amines) is 2. The first kappa shape index (κ1) is 33.1. The molecule has 1 aliphatic carbocycles. The number of aryl methyl sites for hydroxylation is 1. The number of hydrogen-bond acceptors (Lipinski definition) is 4. The first-order valence-electron chi connectivity index (χ1n) is 13.9. The van der Waals surface area contributed by atoms with Crippen molar-refractivity contribution in [3.05, 3.63) is 65.0 Å². The maximum absolute atomic E-state index is 15.0. The van der Waals surface area contributed by atoms with Gasteiger partial charge in [-0.1, -0.05) is 18.2 Å². The average Bonchev–Trinajstić information content (AvgIpc) is 3.49. The van der Waals surface area contributed by atoms with E-state index in [9.17, 15) is 57.5 Å². The van der Waals surface area contributed by atoms with Gasteiger partial charge in [0.25, 0.3) is 5.91 Å². The smallest absolute Gasteiger partial charge is 0.336 e. The van der Waals surface area contributed by atoms with Crippen LogP contribution in [0.4, 0.5) is 39.5 Å². The predicted molar refractivity (Wildman–Crippen MR) is 140 cm³/mol. The summed E-state index contributed by atoms with van der Waals surface area (Å²) in [5.41, 5.74) is -8.08. The quantitative estimate of drug-likeness (QED) is 0.303. The molecule has 2 heterocycles. The Kier molecular flexibility index (Phi) is 7.81. The van der Waals surface area contributed by atoms with E-state index in [2.05, 4.69) is 0 Å². The van der Waals surface area contributed by atoms with Crippen LogP contribution in [0.2, 0.25) is 0 Å². The molecule has 2 aliphatic heterocycles. The third-order valence-electron chi connectivity index (χ3n) is 9.08. The van der Waals surface area contributed by atoms with Gasteiger partial charge in [0, 0.05) is 24.6 Å². The van der Waals surface area contributed by atoms with Gasteiger partial charge < -0.3 is 9.80 Å². The first-order chi connectivity index (χ1) is 20.7. The van der Waals surface area contributed by atoms with Crippen molar-refractivity contribution in [3.63, 3.8) is 0 Å². The Labute approximate surface area is 252 Å². The van der Waals surface area contributed by atoms with E-state index in [1.54, 1.807) is 13.8 Å². The van der Waals surface area contributed by atoms with Gasteiger partial charge in [-0.3, -0.25) is 9.59 Å². The maximum Gasteiger partial charge on any atom is 0.435 e. The molecular formula is C29H27F9N2O4S.